The molecule has 2 fully saturated rings. The number of nitrogens with two attached hydrogens (primary N) is 1. The van der Waals surface area contributed by atoms with Crippen molar-refractivity contribution in [2.75, 3.05) is 33.4 Å². The van der Waals surface area contributed by atoms with Crippen LogP contribution in [0.2, 0.25) is 0 Å². The molecular weight excluding hydrogens is 403 g/mol. The molecule has 1 saturated carbocycles. The van der Waals surface area contributed by atoms with Crippen molar-refractivity contribution in [3.63, 3.8) is 0 Å². The average Bonchev–Trinajstić information content (AvgIpc) is 3.39. The van der Waals surface area contributed by atoms with Crippen molar-refractivity contribution < 1.29 is 4.74 Å². The predicted molar refractivity (Wildman–Crippen MR) is 104 cm³/mol. The van der Waals surface area contributed by atoms with E-state index in [0.717, 1.165) is 32.8 Å². The summed E-state index contributed by atoms with van der Waals surface area (Å²) in [6, 6.07) is 9.31. The summed E-state index contributed by atoms with van der Waals surface area (Å²) < 4.78 is 5.38. The minimum Gasteiger partial charge on any atom is -0.379 e. The third-order valence-corrected chi connectivity index (χ3v) is 4.41. The van der Waals surface area contributed by atoms with Gasteiger partial charge in [0.25, 0.3) is 0 Å². The Bertz CT molecular complexity index is 510. The van der Waals surface area contributed by atoms with E-state index in [-0.39, 0.29) is 24.0 Å². The first-order chi connectivity index (χ1) is 10.7. The van der Waals surface area contributed by atoms with Crippen molar-refractivity contribution in [1.82, 2.24) is 9.80 Å². The third-order valence-electron chi connectivity index (χ3n) is 4.41. The van der Waals surface area contributed by atoms with E-state index in [1.807, 2.05) is 7.05 Å². The normalized spacial score (nSPS) is 19.3. The zero-order valence-electron chi connectivity index (χ0n) is 13.8. The van der Waals surface area contributed by atoms with Gasteiger partial charge in [0, 0.05) is 32.7 Å². The van der Waals surface area contributed by atoms with Gasteiger partial charge in [-0.1, -0.05) is 24.3 Å². The molecule has 3 rings (SSSR count). The first-order valence-corrected chi connectivity index (χ1v) is 8.13. The summed E-state index contributed by atoms with van der Waals surface area (Å²) in [5, 5.41) is 0. The van der Waals surface area contributed by atoms with Gasteiger partial charge in [0.2, 0.25) is 0 Å². The Morgan fingerprint density at radius 2 is 1.83 bits per heavy atom. The van der Waals surface area contributed by atoms with Crippen LogP contribution in [0, 0.1) is 0 Å². The van der Waals surface area contributed by atoms with E-state index < -0.39 is 0 Å². The van der Waals surface area contributed by atoms with E-state index in [0.29, 0.717) is 18.5 Å². The monoisotopic (exact) mass is 430 g/mol. The summed E-state index contributed by atoms with van der Waals surface area (Å²) in [5.74, 6) is 0.653. The van der Waals surface area contributed by atoms with Gasteiger partial charge in [-0.3, -0.25) is 4.90 Å². The van der Waals surface area contributed by atoms with Crippen LogP contribution in [-0.2, 0) is 17.8 Å². The summed E-state index contributed by atoms with van der Waals surface area (Å²) in [7, 11) is 2.03. The van der Waals surface area contributed by atoms with Gasteiger partial charge in [-0.2, -0.15) is 0 Å². The van der Waals surface area contributed by atoms with E-state index in [1.165, 1.54) is 24.0 Å². The fourth-order valence-electron chi connectivity index (χ4n) is 2.70. The molecule has 0 radical (unpaired) electrons. The number of ether oxygens (including phenoxy) is 1. The van der Waals surface area contributed by atoms with Crippen LogP contribution >= 0.6 is 24.0 Å². The van der Waals surface area contributed by atoms with Gasteiger partial charge in [-0.25, -0.2) is 4.99 Å². The van der Waals surface area contributed by atoms with Crippen LogP contribution in [0.25, 0.3) is 0 Å². The summed E-state index contributed by atoms with van der Waals surface area (Å²) in [4.78, 5) is 9.01. The van der Waals surface area contributed by atoms with E-state index in [2.05, 4.69) is 39.1 Å². The fraction of sp³-hybridized carbons (Fsp3) is 0.588. The fourth-order valence-corrected chi connectivity index (χ4v) is 2.70. The Morgan fingerprint density at radius 3 is 2.43 bits per heavy atom. The Labute approximate surface area is 155 Å². The van der Waals surface area contributed by atoms with E-state index in [9.17, 15) is 0 Å². The van der Waals surface area contributed by atoms with Gasteiger partial charge in [0.05, 0.1) is 19.8 Å². The highest BCUT2D eigenvalue weighted by atomic mass is 127. The van der Waals surface area contributed by atoms with E-state index in [4.69, 9.17) is 10.5 Å². The zero-order chi connectivity index (χ0) is 15.4. The zero-order valence-corrected chi connectivity index (χ0v) is 16.1. The molecule has 128 valence electrons. The number of nitrogens with zero attached hydrogens (tertiary/aromatic N) is 3. The molecule has 0 amide bonds. The van der Waals surface area contributed by atoms with Gasteiger partial charge >= 0.3 is 0 Å². The molecule has 0 atom stereocenters. The van der Waals surface area contributed by atoms with Crippen molar-refractivity contribution >= 4 is 29.9 Å². The highest BCUT2D eigenvalue weighted by Crippen LogP contribution is 2.24. The summed E-state index contributed by atoms with van der Waals surface area (Å²) in [6.45, 7) is 5.40. The summed E-state index contributed by atoms with van der Waals surface area (Å²) >= 11 is 0. The molecule has 0 bridgehead atoms. The van der Waals surface area contributed by atoms with Crippen LogP contribution in [0.5, 0.6) is 0 Å². The highest BCUT2D eigenvalue weighted by molar-refractivity contribution is 14.0. The second-order valence-corrected chi connectivity index (χ2v) is 6.22. The SMILES string of the molecule is CN(C(N)=NCc1ccc(CN2CCOCC2)cc1)C1CC1.I. The number of morpholine rings is 1. The van der Waals surface area contributed by atoms with Crippen LogP contribution in [0.3, 0.4) is 0 Å². The quantitative estimate of drug-likeness (QED) is 0.442. The summed E-state index contributed by atoms with van der Waals surface area (Å²) in [6.07, 6.45) is 2.48. The molecule has 23 heavy (non-hydrogen) atoms. The molecular formula is C17H27IN4O. The van der Waals surface area contributed by atoms with Gasteiger partial charge < -0.3 is 15.4 Å². The Morgan fingerprint density at radius 1 is 1.22 bits per heavy atom. The van der Waals surface area contributed by atoms with Gasteiger partial charge in [-0.15, -0.1) is 24.0 Å². The van der Waals surface area contributed by atoms with Crippen LogP contribution < -0.4 is 5.73 Å². The molecule has 0 spiro atoms. The molecule has 1 aromatic rings. The van der Waals surface area contributed by atoms with Gasteiger partial charge in [-0.05, 0) is 24.0 Å². The maximum Gasteiger partial charge on any atom is 0.191 e. The van der Waals surface area contributed by atoms with Crippen LogP contribution in [0.1, 0.15) is 24.0 Å². The molecule has 2 N–H and O–H groups in total. The first kappa shape index (κ1) is 18.5. The third kappa shape index (κ3) is 5.61. The number of hydrogen-bond donors (Lipinski definition) is 1. The minimum atomic E-state index is 0. The smallest absolute Gasteiger partial charge is 0.191 e. The first-order valence-electron chi connectivity index (χ1n) is 8.13. The van der Waals surface area contributed by atoms with Crippen LogP contribution in [-0.4, -0.2) is 55.2 Å². The molecule has 1 saturated heterocycles. The molecule has 1 aromatic carbocycles. The number of benzene rings is 1. The number of aliphatic imine (C=N–C) groups is 1. The summed E-state index contributed by atoms with van der Waals surface area (Å²) in [5.41, 5.74) is 8.57. The lowest BCUT2D eigenvalue weighted by molar-refractivity contribution is 0.0342. The molecule has 1 heterocycles. The maximum atomic E-state index is 6.02. The average molecular weight is 430 g/mol. The van der Waals surface area contributed by atoms with Crippen molar-refractivity contribution in [3.05, 3.63) is 35.4 Å². The van der Waals surface area contributed by atoms with Gasteiger partial charge in [0.15, 0.2) is 5.96 Å². The standard InChI is InChI=1S/C17H26N4O.HI/c1-20(16-6-7-16)17(18)19-12-14-2-4-15(5-3-14)13-21-8-10-22-11-9-21;/h2-5,16H,6-13H2,1H3,(H2,18,19);1H. The lowest BCUT2D eigenvalue weighted by atomic mass is 10.1. The van der Waals surface area contributed by atoms with E-state index in [1.54, 1.807) is 0 Å². The minimum absolute atomic E-state index is 0. The topological polar surface area (TPSA) is 54.1 Å². The number of hydrogen-bond acceptors (Lipinski definition) is 3. The molecule has 6 heteroatoms. The molecule has 0 unspecified atom stereocenters. The lowest BCUT2D eigenvalue weighted by Crippen LogP contribution is -2.35. The van der Waals surface area contributed by atoms with Crippen molar-refractivity contribution in [2.24, 2.45) is 10.7 Å². The molecule has 0 aromatic heterocycles. The Balaban J connectivity index is 0.00000192. The van der Waals surface area contributed by atoms with Crippen molar-refractivity contribution in [3.8, 4) is 0 Å². The molecule has 5 nitrogen and oxygen atoms in total. The molecule has 2 aliphatic rings. The number of halogens is 1. The largest absolute Gasteiger partial charge is 0.379 e. The Kier molecular flexibility index (Phi) is 7.10. The van der Waals surface area contributed by atoms with Crippen molar-refractivity contribution in [1.29, 1.82) is 0 Å². The predicted octanol–water partition coefficient (Wildman–Crippen LogP) is 2.05. The second-order valence-electron chi connectivity index (χ2n) is 6.22. The maximum absolute atomic E-state index is 6.02. The van der Waals surface area contributed by atoms with Crippen LogP contribution in [0.15, 0.2) is 29.3 Å². The number of guanidine groups is 1. The molecule has 1 aliphatic carbocycles. The Hall–Kier alpha value is -0.860. The highest BCUT2D eigenvalue weighted by Gasteiger charge is 2.27. The second kappa shape index (κ2) is 8.84. The van der Waals surface area contributed by atoms with Gasteiger partial charge in [0.1, 0.15) is 0 Å². The van der Waals surface area contributed by atoms with Crippen LogP contribution in [0.4, 0.5) is 0 Å². The lowest BCUT2D eigenvalue weighted by Gasteiger charge is -2.26. The molecule has 1 aliphatic heterocycles. The number of rotatable bonds is 5. The van der Waals surface area contributed by atoms with Crippen molar-refractivity contribution in [2.45, 2.75) is 32.0 Å². The van der Waals surface area contributed by atoms with E-state index >= 15 is 0 Å².